The average Bonchev–Trinajstić information content (AvgIpc) is 2.66. The highest BCUT2D eigenvalue weighted by molar-refractivity contribution is 5.78. The zero-order valence-corrected chi connectivity index (χ0v) is 14.7. The van der Waals surface area contributed by atoms with Crippen LogP contribution in [-0.2, 0) is 4.79 Å². The first-order valence-electron chi connectivity index (χ1n) is 8.43. The van der Waals surface area contributed by atoms with Gasteiger partial charge in [0.1, 0.15) is 11.5 Å². The molecular formula is C19H25N3O3. The highest BCUT2D eigenvalue weighted by atomic mass is 16.5. The maximum atomic E-state index is 12.1. The van der Waals surface area contributed by atoms with Gasteiger partial charge >= 0.3 is 0 Å². The summed E-state index contributed by atoms with van der Waals surface area (Å²) in [7, 11) is 0. The third-order valence-corrected chi connectivity index (χ3v) is 4.20. The van der Waals surface area contributed by atoms with E-state index in [1.54, 1.807) is 36.5 Å². The monoisotopic (exact) mass is 343 g/mol. The number of pyridine rings is 1. The Morgan fingerprint density at radius 3 is 2.36 bits per heavy atom. The number of nitrogens with two attached hydrogens (primary N) is 1. The van der Waals surface area contributed by atoms with Crippen LogP contribution in [0.4, 0.5) is 0 Å². The lowest BCUT2D eigenvalue weighted by molar-refractivity contribution is -0.125. The summed E-state index contributed by atoms with van der Waals surface area (Å²) in [6.07, 6.45) is 3.23. The van der Waals surface area contributed by atoms with E-state index in [0.717, 1.165) is 12.8 Å². The summed E-state index contributed by atoms with van der Waals surface area (Å²) in [4.78, 5) is 16.2. The van der Waals surface area contributed by atoms with E-state index in [0.29, 0.717) is 23.9 Å². The van der Waals surface area contributed by atoms with Crippen molar-refractivity contribution < 1.29 is 14.3 Å². The lowest BCUT2D eigenvalue weighted by Crippen LogP contribution is -2.54. The Morgan fingerprint density at radius 1 is 1.12 bits per heavy atom. The molecular weight excluding hydrogens is 318 g/mol. The first-order valence-corrected chi connectivity index (χ1v) is 8.43. The Morgan fingerprint density at radius 2 is 1.80 bits per heavy atom. The summed E-state index contributed by atoms with van der Waals surface area (Å²) in [6, 6.07) is 12.5. The maximum absolute atomic E-state index is 12.1. The zero-order valence-electron chi connectivity index (χ0n) is 14.7. The maximum Gasteiger partial charge on any atom is 0.258 e. The van der Waals surface area contributed by atoms with Gasteiger partial charge in [-0.1, -0.05) is 19.9 Å². The molecule has 1 heterocycles. The van der Waals surface area contributed by atoms with Crippen LogP contribution < -0.4 is 20.5 Å². The number of carbonyl (C=O) groups excluding carboxylic acids is 1. The van der Waals surface area contributed by atoms with Gasteiger partial charge in [0.25, 0.3) is 5.91 Å². The number of aromatic nitrogens is 1. The fourth-order valence-electron chi connectivity index (χ4n) is 2.38. The molecule has 0 atom stereocenters. The van der Waals surface area contributed by atoms with Gasteiger partial charge in [0.05, 0.1) is 5.54 Å². The van der Waals surface area contributed by atoms with Crippen LogP contribution in [0.25, 0.3) is 0 Å². The van der Waals surface area contributed by atoms with Crippen molar-refractivity contribution in [3.8, 4) is 17.4 Å². The largest absolute Gasteiger partial charge is 0.484 e. The van der Waals surface area contributed by atoms with Gasteiger partial charge in [-0.05, 0) is 43.2 Å². The van der Waals surface area contributed by atoms with E-state index in [4.69, 9.17) is 15.2 Å². The van der Waals surface area contributed by atoms with Crippen LogP contribution in [-0.4, -0.2) is 29.6 Å². The summed E-state index contributed by atoms with van der Waals surface area (Å²) < 4.78 is 11.1. The van der Waals surface area contributed by atoms with Crippen molar-refractivity contribution in [2.75, 3.05) is 13.2 Å². The summed E-state index contributed by atoms with van der Waals surface area (Å²) in [6.45, 7) is 4.38. The number of nitrogens with one attached hydrogen (secondary N) is 1. The molecule has 2 rings (SSSR count). The van der Waals surface area contributed by atoms with E-state index in [1.807, 2.05) is 26.0 Å². The molecule has 0 saturated heterocycles. The number of nitrogens with zero attached hydrogens (tertiary/aromatic N) is 1. The minimum absolute atomic E-state index is 0.0534. The van der Waals surface area contributed by atoms with Crippen LogP contribution in [0.3, 0.4) is 0 Å². The van der Waals surface area contributed by atoms with Crippen molar-refractivity contribution in [3.63, 3.8) is 0 Å². The summed E-state index contributed by atoms with van der Waals surface area (Å²) in [5.74, 6) is 1.58. The molecule has 25 heavy (non-hydrogen) atoms. The molecule has 0 aliphatic carbocycles. The summed E-state index contributed by atoms with van der Waals surface area (Å²) >= 11 is 0. The number of rotatable bonds is 9. The molecule has 134 valence electrons. The Bertz CT molecular complexity index is 647. The summed E-state index contributed by atoms with van der Waals surface area (Å²) in [5.41, 5.74) is 5.43. The smallest absolute Gasteiger partial charge is 0.258 e. The molecule has 0 saturated carbocycles. The molecule has 6 nitrogen and oxygen atoms in total. The van der Waals surface area contributed by atoms with Crippen LogP contribution >= 0.6 is 0 Å². The molecule has 6 heteroatoms. The highest BCUT2D eigenvalue weighted by Gasteiger charge is 2.26. The topological polar surface area (TPSA) is 86.5 Å². The van der Waals surface area contributed by atoms with Crippen molar-refractivity contribution in [2.45, 2.75) is 32.2 Å². The Balaban J connectivity index is 1.86. The normalized spacial score (nSPS) is 11.0. The van der Waals surface area contributed by atoms with E-state index >= 15 is 0 Å². The zero-order chi connectivity index (χ0) is 18.1. The van der Waals surface area contributed by atoms with Crippen molar-refractivity contribution in [3.05, 3.63) is 48.7 Å². The number of carbonyl (C=O) groups is 1. The standard InChI is InChI=1S/C19H25N3O3/c1-3-19(4-2,14-20)22-17(23)13-24-15-8-10-16(11-9-15)25-18-7-5-6-12-21-18/h5-12H,3-4,13-14,20H2,1-2H3,(H,22,23). The number of hydrogen-bond donors (Lipinski definition) is 2. The first-order chi connectivity index (χ1) is 12.1. The second kappa shape index (κ2) is 9.03. The molecule has 1 aromatic heterocycles. The quantitative estimate of drug-likeness (QED) is 0.731. The van der Waals surface area contributed by atoms with Gasteiger partial charge in [-0.15, -0.1) is 0 Å². The van der Waals surface area contributed by atoms with Crippen molar-refractivity contribution >= 4 is 5.91 Å². The highest BCUT2D eigenvalue weighted by Crippen LogP contribution is 2.22. The molecule has 0 spiro atoms. The van der Waals surface area contributed by atoms with Crippen molar-refractivity contribution in [1.82, 2.24) is 10.3 Å². The molecule has 0 unspecified atom stereocenters. The molecule has 0 bridgehead atoms. The number of amides is 1. The predicted octanol–water partition coefficient (Wildman–Crippen LogP) is 2.89. The molecule has 3 N–H and O–H groups in total. The van der Waals surface area contributed by atoms with Gasteiger partial charge in [-0.3, -0.25) is 4.79 Å². The Kier molecular flexibility index (Phi) is 6.77. The van der Waals surface area contributed by atoms with E-state index < -0.39 is 0 Å². The molecule has 0 fully saturated rings. The second-order valence-electron chi connectivity index (χ2n) is 5.77. The van der Waals surface area contributed by atoms with Crippen LogP contribution in [0.5, 0.6) is 17.4 Å². The van der Waals surface area contributed by atoms with Crippen LogP contribution in [0.2, 0.25) is 0 Å². The fourth-order valence-corrected chi connectivity index (χ4v) is 2.38. The van der Waals surface area contributed by atoms with Gasteiger partial charge in [-0.2, -0.15) is 0 Å². The Labute approximate surface area is 148 Å². The lowest BCUT2D eigenvalue weighted by Gasteiger charge is -2.31. The second-order valence-corrected chi connectivity index (χ2v) is 5.77. The fraction of sp³-hybridized carbons (Fsp3) is 0.368. The van der Waals surface area contributed by atoms with Gasteiger partial charge in [0.15, 0.2) is 6.61 Å². The average molecular weight is 343 g/mol. The molecule has 1 amide bonds. The Hall–Kier alpha value is -2.60. The van der Waals surface area contributed by atoms with Crippen molar-refractivity contribution in [2.24, 2.45) is 5.73 Å². The summed E-state index contributed by atoms with van der Waals surface area (Å²) in [5, 5.41) is 2.97. The van der Waals surface area contributed by atoms with E-state index in [1.165, 1.54) is 0 Å². The van der Waals surface area contributed by atoms with Gasteiger partial charge in [-0.25, -0.2) is 4.98 Å². The van der Waals surface area contributed by atoms with Gasteiger partial charge < -0.3 is 20.5 Å². The SMILES string of the molecule is CCC(CC)(CN)NC(=O)COc1ccc(Oc2ccccn2)cc1. The van der Waals surface area contributed by atoms with Crippen molar-refractivity contribution in [1.29, 1.82) is 0 Å². The minimum atomic E-state index is -0.360. The molecule has 1 aromatic carbocycles. The molecule has 2 aromatic rings. The number of ether oxygens (including phenoxy) is 2. The number of hydrogen-bond acceptors (Lipinski definition) is 5. The molecule has 0 aliphatic rings. The third kappa shape index (κ3) is 5.46. The van der Waals surface area contributed by atoms with Gasteiger partial charge in [0.2, 0.25) is 5.88 Å². The van der Waals surface area contributed by atoms with Crippen LogP contribution in [0.15, 0.2) is 48.7 Å². The van der Waals surface area contributed by atoms with E-state index in [9.17, 15) is 4.79 Å². The lowest BCUT2D eigenvalue weighted by atomic mass is 9.93. The van der Waals surface area contributed by atoms with E-state index in [2.05, 4.69) is 10.3 Å². The van der Waals surface area contributed by atoms with Crippen LogP contribution in [0.1, 0.15) is 26.7 Å². The third-order valence-electron chi connectivity index (χ3n) is 4.20. The van der Waals surface area contributed by atoms with E-state index in [-0.39, 0.29) is 18.1 Å². The first kappa shape index (κ1) is 18.7. The number of benzene rings is 1. The molecule has 0 radical (unpaired) electrons. The van der Waals surface area contributed by atoms with Gasteiger partial charge in [0, 0.05) is 18.8 Å². The van der Waals surface area contributed by atoms with Crippen LogP contribution in [0, 0.1) is 0 Å². The molecule has 0 aliphatic heterocycles. The minimum Gasteiger partial charge on any atom is -0.484 e. The predicted molar refractivity (Wildman–Crippen MR) is 96.8 cm³/mol.